The molecule has 0 aliphatic carbocycles. The van der Waals surface area contributed by atoms with Gasteiger partial charge in [0, 0.05) is 6.04 Å². The average molecular weight is 299 g/mol. The fourth-order valence-electron chi connectivity index (χ4n) is 2.61. The summed E-state index contributed by atoms with van der Waals surface area (Å²) in [7, 11) is 1.67. The normalized spacial score (nSPS) is 12.4. The SMILES string of the molecule is CCC(CC)NC(=O)[C@@H](C)c1ccc2cc(OC)ccc2c1. The highest BCUT2D eigenvalue weighted by Crippen LogP contribution is 2.25. The second-order valence-electron chi connectivity index (χ2n) is 5.72. The van der Waals surface area contributed by atoms with Crippen molar-refractivity contribution in [2.45, 2.75) is 45.6 Å². The lowest BCUT2D eigenvalue weighted by molar-refractivity contribution is -0.122. The molecule has 3 nitrogen and oxygen atoms in total. The van der Waals surface area contributed by atoms with E-state index in [9.17, 15) is 4.79 Å². The number of ether oxygens (including phenoxy) is 1. The van der Waals surface area contributed by atoms with Crippen molar-refractivity contribution < 1.29 is 9.53 Å². The summed E-state index contributed by atoms with van der Waals surface area (Å²) in [4.78, 5) is 12.4. The van der Waals surface area contributed by atoms with Crippen molar-refractivity contribution in [1.82, 2.24) is 5.32 Å². The minimum atomic E-state index is -0.146. The van der Waals surface area contributed by atoms with Crippen LogP contribution in [0.25, 0.3) is 10.8 Å². The molecule has 3 heteroatoms. The van der Waals surface area contributed by atoms with E-state index in [1.54, 1.807) is 7.11 Å². The van der Waals surface area contributed by atoms with Gasteiger partial charge in [-0.15, -0.1) is 0 Å². The molecule has 0 fully saturated rings. The quantitative estimate of drug-likeness (QED) is 0.865. The van der Waals surface area contributed by atoms with Gasteiger partial charge in [-0.1, -0.05) is 38.1 Å². The standard InChI is InChI=1S/C19H25NO2/c1-5-17(6-2)20-19(21)13(3)14-7-8-16-12-18(22-4)10-9-15(16)11-14/h7-13,17H,5-6H2,1-4H3,(H,20,21)/t13-/m0/s1. The van der Waals surface area contributed by atoms with Crippen LogP contribution in [0.1, 0.15) is 45.1 Å². The third kappa shape index (κ3) is 3.59. The number of amides is 1. The van der Waals surface area contributed by atoms with Crippen LogP contribution in [0.3, 0.4) is 0 Å². The van der Waals surface area contributed by atoms with Crippen molar-refractivity contribution in [2.75, 3.05) is 7.11 Å². The Hall–Kier alpha value is -2.03. The average Bonchev–Trinajstić information content (AvgIpc) is 2.57. The molecule has 2 rings (SSSR count). The highest BCUT2D eigenvalue weighted by molar-refractivity contribution is 5.88. The number of methoxy groups -OCH3 is 1. The van der Waals surface area contributed by atoms with Crippen LogP contribution in [0.5, 0.6) is 5.75 Å². The van der Waals surface area contributed by atoms with Gasteiger partial charge in [0.15, 0.2) is 0 Å². The minimum Gasteiger partial charge on any atom is -0.497 e. The molecule has 1 amide bonds. The third-order valence-electron chi connectivity index (χ3n) is 4.30. The molecule has 2 aromatic rings. The smallest absolute Gasteiger partial charge is 0.227 e. The van der Waals surface area contributed by atoms with Gasteiger partial charge in [0.1, 0.15) is 5.75 Å². The maximum absolute atomic E-state index is 12.4. The molecule has 0 unspecified atom stereocenters. The van der Waals surface area contributed by atoms with Crippen molar-refractivity contribution in [3.8, 4) is 5.75 Å². The predicted octanol–water partition coefficient (Wildman–Crippen LogP) is 4.26. The van der Waals surface area contributed by atoms with E-state index in [0.29, 0.717) is 0 Å². The van der Waals surface area contributed by atoms with Crippen LogP contribution in [0.15, 0.2) is 36.4 Å². The Labute approximate surface area is 132 Å². The molecule has 0 saturated carbocycles. The fourth-order valence-corrected chi connectivity index (χ4v) is 2.61. The summed E-state index contributed by atoms with van der Waals surface area (Å²) in [5.41, 5.74) is 1.04. The fraction of sp³-hybridized carbons (Fsp3) is 0.421. The summed E-state index contributed by atoms with van der Waals surface area (Å²) < 4.78 is 5.24. The number of hydrogen-bond acceptors (Lipinski definition) is 2. The van der Waals surface area contributed by atoms with Crippen LogP contribution < -0.4 is 10.1 Å². The van der Waals surface area contributed by atoms with Crippen molar-refractivity contribution in [1.29, 1.82) is 0 Å². The van der Waals surface area contributed by atoms with Gasteiger partial charge in [-0.2, -0.15) is 0 Å². The summed E-state index contributed by atoms with van der Waals surface area (Å²) in [5.74, 6) is 0.799. The van der Waals surface area contributed by atoms with Gasteiger partial charge < -0.3 is 10.1 Å². The Kier molecular flexibility index (Phi) is 5.42. The first-order valence-electron chi connectivity index (χ1n) is 7.97. The summed E-state index contributed by atoms with van der Waals surface area (Å²) in [6, 6.07) is 12.4. The first kappa shape index (κ1) is 16.3. The summed E-state index contributed by atoms with van der Waals surface area (Å²) in [6.07, 6.45) is 1.93. The van der Waals surface area contributed by atoms with Gasteiger partial charge in [-0.25, -0.2) is 0 Å². The number of hydrogen-bond donors (Lipinski definition) is 1. The lowest BCUT2D eigenvalue weighted by atomic mass is 9.96. The van der Waals surface area contributed by atoms with Crippen LogP contribution >= 0.6 is 0 Å². The minimum absolute atomic E-state index is 0.0987. The van der Waals surface area contributed by atoms with Crippen LogP contribution in [-0.4, -0.2) is 19.1 Å². The first-order valence-corrected chi connectivity index (χ1v) is 7.97. The molecule has 22 heavy (non-hydrogen) atoms. The van der Waals surface area contributed by atoms with Gasteiger partial charge in [0.25, 0.3) is 0 Å². The zero-order valence-corrected chi connectivity index (χ0v) is 13.8. The highest BCUT2D eigenvalue weighted by Gasteiger charge is 2.17. The molecule has 2 aromatic carbocycles. The van der Waals surface area contributed by atoms with E-state index in [4.69, 9.17) is 4.74 Å². The summed E-state index contributed by atoms with van der Waals surface area (Å²) >= 11 is 0. The molecule has 118 valence electrons. The van der Waals surface area contributed by atoms with E-state index in [-0.39, 0.29) is 17.9 Å². The van der Waals surface area contributed by atoms with E-state index >= 15 is 0 Å². The highest BCUT2D eigenvalue weighted by atomic mass is 16.5. The Morgan fingerprint density at radius 2 is 1.73 bits per heavy atom. The first-order chi connectivity index (χ1) is 10.6. The Morgan fingerprint density at radius 1 is 1.09 bits per heavy atom. The lowest BCUT2D eigenvalue weighted by Gasteiger charge is -2.19. The molecule has 0 saturated heterocycles. The third-order valence-corrected chi connectivity index (χ3v) is 4.30. The summed E-state index contributed by atoms with van der Waals surface area (Å²) in [6.45, 7) is 6.16. The van der Waals surface area contributed by atoms with Crippen LogP contribution in [0.2, 0.25) is 0 Å². The molecule has 0 bridgehead atoms. The van der Waals surface area contributed by atoms with E-state index in [1.807, 2.05) is 37.3 Å². The largest absolute Gasteiger partial charge is 0.497 e. The number of rotatable bonds is 6. The number of nitrogens with one attached hydrogen (secondary N) is 1. The zero-order valence-electron chi connectivity index (χ0n) is 13.8. The maximum atomic E-state index is 12.4. The Morgan fingerprint density at radius 3 is 2.36 bits per heavy atom. The van der Waals surface area contributed by atoms with Crippen molar-refractivity contribution in [2.24, 2.45) is 0 Å². The molecule has 1 N–H and O–H groups in total. The van der Waals surface area contributed by atoms with Gasteiger partial charge >= 0.3 is 0 Å². The molecule has 0 spiro atoms. The number of fused-ring (bicyclic) bond motifs is 1. The Balaban J connectivity index is 2.21. The number of carbonyl (C=O) groups excluding carboxylic acids is 1. The van der Waals surface area contributed by atoms with Gasteiger partial charge in [0.05, 0.1) is 13.0 Å². The van der Waals surface area contributed by atoms with Crippen LogP contribution in [0, 0.1) is 0 Å². The van der Waals surface area contributed by atoms with E-state index in [2.05, 4.69) is 25.2 Å². The molecule has 0 aromatic heterocycles. The number of carbonyl (C=O) groups is 1. The lowest BCUT2D eigenvalue weighted by Crippen LogP contribution is -2.36. The molecular formula is C19H25NO2. The molecule has 1 atom stereocenters. The monoisotopic (exact) mass is 299 g/mol. The second kappa shape index (κ2) is 7.30. The molecule has 0 aliphatic rings. The molecule has 0 heterocycles. The predicted molar refractivity (Wildman–Crippen MR) is 91.4 cm³/mol. The van der Waals surface area contributed by atoms with Gasteiger partial charge in [0.2, 0.25) is 5.91 Å². The van der Waals surface area contributed by atoms with E-state index in [0.717, 1.165) is 34.9 Å². The summed E-state index contributed by atoms with van der Waals surface area (Å²) in [5, 5.41) is 5.37. The topological polar surface area (TPSA) is 38.3 Å². The number of benzene rings is 2. The van der Waals surface area contributed by atoms with Crippen molar-refractivity contribution in [3.05, 3.63) is 42.0 Å². The van der Waals surface area contributed by atoms with Gasteiger partial charge in [-0.3, -0.25) is 4.79 Å². The zero-order chi connectivity index (χ0) is 16.1. The second-order valence-corrected chi connectivity index (χ2v) is 5.72. The Bertz CT molecular complexity index is 647. The van der Waals surface area contributed by atoms with Crippen molar-refractivity contribution >= 4 is 16.7 Å². The van der Waals surface area contributed by atoms with E-state index < -0.39 is 0 Å². The van der Waals surface area contributed by atoms with Crippen LogP contribution in [0.4, 0.5) is 0 Å². The van der Waals surface area contributed by atoms with Crippen molar-refractivity contribution in [3.63, 3.8) is 0 Å². The van der Waals surface area contributed by atoms with Crippen LogP contribution in [-0.2, 0) is 4.79 Å². The molecule has 0 radical (unpaired) electrons. The molecule has 0 aliphatic heterocycles. The maximum Gasteiger partial charge on any atom is 0.227 e. The van der Waals surface area contributed by atoms with Gasteiger partial charge in [-0.05, 0) is 48.2 Å². The molecular weight excluding hydrogens is 274 g/mol. The van der Waals surface area contributed by atoms with E-state index in [1.165, 1.54) is 0 Å².